The molecule has 3 aromatic rings. The molecule has 0 unspecified atom stereocenters. The molecule has 4 heteroatoms. The van der Waals surface area contributed by atoms with Gasteiger partial charge in [0.25, 0.3) is 5.91 Å². The second-order valence-electron chi connectivity index (χ2n) is 6.91. The minimum atomic E-state index is 0.130. The molecule has 0 atom stereocenters. The van der Waals surface area contributed by atoms with Gasteiger partial charge in [0.1, 0.15) is 5.82 Å². The van der Waals surface area contributed by atoms with Crippen molar-refractivity contribution in [2.75, 3.05) is 31.1 Å². The Balaban J connectivity index is 1.50. The molecule has 0 spiro atoms. The summed E-state index contributed by atoms with van der Waals surface area (Å²) in [5, 5.41) is 1.20. The normalized spacial score (nSPS) is 14.7. The van der Waals surface area contributed by atoms with Gasteiger partial charge >= 0.3 is 0 Å². The third-order valence-corrected chi connectivity index (χ3v) is 5.18. The molecule has 1 fully saturated rings. The van der Waals surface area contributed by atoms with E-state index in [1.165, 1.54) is 10.9 Å². The minimum absolute atomic E-state index is 0.130. The van der Waals surface area contributed by atoms with E-state index in [1.54, 1.807) is 0 Å². The van der Waals surface area contributed by atoms with Gasteiger partial charge in [0.2, 0.25) is 0 Å². The van der Waals surface area contributed by atoms with Gasteiger partial charge in [0, 0.05) is 37.1 Å². The summed E-state index contributed by atoms with van der Waals surface area (Å²) in [6.45, 7) is 7.18. The summed E-state index contributed by atoms with van der Waals surface area (Å²) in [5.74, 6) is 1.13. The van der Waals surface area contributed by atoms with Gasteiger partial charge in [-0.1, -0.05) is 36.4 Å². The quantitative estimate of drug-likeness (QED) is 0.708. The van der Waals surface area contributed by atoms with E-state index in [9.17, 15) is 4.79 Å². The summed E-state index contributed by atoms with van der Waals surface area (Å²) >= 11 is 0. The molecule has 1 aromatic heterocycles. The van der Waals surface area contributed by atoms with E-state index in [0.29, 0.717) is 0 Å². The Morgan fingerprint density at radius 3 is 2.35 bits per heavy atom. The zero-order chi connectivity index (χ0) is 18.1. The highest BCUT2D eigenvalue weighted by molar-refractivity contribution is 5.95. The first kappa shape index (κ1) is 16.6. The van der Waals surface area contributed by atoms with Crippen molar-refractivity contribution in [2.45, 2.75) is 13.8 Å². The number of rotatable bonds is 2. The smallest absolute Gasteiger partial charge is 0.254 e. The van der Waals surface area contributed by atoms with Crippen LogP contribution in [0.1, 0.15) is 21.5 Å². The van der Waals surface area contributed by atoms with Crippen LogP contribution in [0.25, 0.3) is 10.9 Å². The molecule has 4 rings (SSSR count). The van der Waals surface area contributed by atoms with E-state index >= 15 is 0 Å². The van der Waals surface area contributed by atoms with Crippen LogP contribution in [0.3, 0.4) is 0 Å². The van der Waals surface area contributed by atoms with E-state index in [-0.39, 0.29) is 5.91 Å². The highest BCUT2D eigenvalue weighted by atomic mass is 16.2. The number of hydrogen-bond donors (Lipinski definition) is 0. The van der Waals surface area contributed by atoms with E-state index in [4.69, 9.17) is 4.98 Å². The number of nitrogens with zero attached hydrogens (tertiary/aromatic N) is 3. The number of fused-ring (bicyclic) bond motifs is 1. The topological polar surface area (TPSA) is 36.4 Å². The van der Waals surface area contributed by atoms with Gasteiger partial charge in [0.05, 0.1) is 5.52 Å². The van der Waals surface area contributed by atoms with Crippen molar-refractivity contribution in [3.05, 3.63) is 71.3 Å². The summed E-state index contributed by atoms with van der Waals surface area (Å²) in [4.78, 5) is 21.8. The average Bonchev–Trinajstić information content (AvgIpc) is 2.68. The Morgan fingerprint density at radius 2 is 1.58 bits per heavy atom. The summed E-state index contributed by atoms with van der Waals surface area (Å²) in [6.07, 6.45) is 0. The van der Waals surface area contributed by atoms with Gasteiger partial charge in [-0.2, -0.15) is 0 Å². The van der Waals surface area contributed by atoms with Crippen LogP contribution in [0.15, 0.2) is 54.6 Å². The number of aromatic nitrogens is 1. The van der Waals surface area contributed by atoms with Crippen LogP contribution >= 0.6 is 0 Å². The Hall–Kier alpha value is -2.88. The summed E-state index contributed by atoms with van der Waals surface area (Å²) < 4.78 is 0. The Bertz CT molecular complexity index is 959. The van der Waals surface area contributed by atoms with Crippen molar-refractivity contribution in [3.8, 4) is 0 Å². The number of aryl methyl sites for hydroxylation is 2. The molecule has 0 saturated carbocycles. The van der Waals surface area contributed by atoms with Gasteiger partial charge in [-0.3, -0.25) is 4.79 Å². The zero-order valence-electron chi connectivity index (χ0n) is 15.3. The molecule has 2 heterocycles. The predicted octanol–water partition coefficient (Wildman–Crippen LogP) is 3.81. The molecule has 26 heavy (non-hydrogen) atoms. The summed E-state index contributed by atoms with van der Waals surface area (Å²) in [7, 11) is 0. The lowest BCUT2D eigenvalue weighted by Crippen LogP contribution is -2.49. The van der Waals surface area contributed by atoms with Gasteiger partial charge in [0.15, 0.2) is 0 Å². The molecule has 1 aliphatic rings. The summed E-state index contributed by atoms with van der Waals surface area (Å²) in [5.41, 5.74) is 4.11. The van der Waals surface area contributed by atoms with Crippen LogP contribution in [0.4, 0.5) is 5.82 Å². The second-order valence-corrected chi connectivity index (χ2v) is 6.91. The maximum absolute atomic E-state index is 12.8. The maximum atomic E-state index is 12.8. The van der Waals surface area contributed by atoms with Gasteiger partial charge in [-0.15, -0.1) is 0 Å². The van der Waals surface area contributed by atoms with Crippen LogP contribution in [0.5, 0.6) is 0 Å². The maximum Gasteiger partial charge on any atom is 0.254 e. The van der Waals surface area contributed by atoms with Crippen molar-refractivity contribution >= 4 is 22.6 Å². The highest BCUT2D eigenvalue weighted by Gasteiger charge is 2.24. The lowest BCUT2D eigenvalue weighted by atomic mass is 10.1. The van der Waals surface area contributed by atoms with E-state index in [1.807, 2.05) is 48.2 Å². The fraction of sp³-hybridized carbons (Fsp3) is 0.273. The second kappa shape index (κ2) is 6.79. The average molecular weight is 345 g/mol. The molecular formula is C22H23N3O. The number of carbonyl (C=O) groups is 1. The molecule has 0 bridgehead atoms. The summed E-state index contributed by atoms with van der Waals surface area (Å²) in [6, 6.07) is 18.2. The van der Waals surface area contributed by atoms with Crippen LogP contribution in [-0.2, 0) is 0 Å². The van der Waals surface area contributed by atoms with Crippen molar-refractivity contribution in [3.63, 3.8) is 0 Å². The van der Waals surface area contributed by atoms with E-state index < -0.39 is 0 Å². The van der Waals surface area contributed by atoms with Gasteiger partial charge in [-0.25, -0.2) is 4.98 Å². The predicted molar refractivity (Wildman–Crippen MR) is 106 cm³/mol. The molecule has 2 aromatic carbocycles. The zero-order valence-corrected chi connectivity index (χ0v) is 15.3. The van der Waals surface area contributed by atoms with Gasteiger partial charge < -0.3 is 9.80 Å². The molecule has 0 aliphatic carbocycles. The molecule has 132 valence electrons. The first-order chi connectivity index (χ1) is 12.6. The number of hydrogen-bond acceptors (Lipinski definition) is 3. The number of amides is 1. The third kappa shape index (κ3) is 3.03. The molecule has 1 aliphatic heterocycles. The van der Waals surface area contributed by atoms with Crippen molar-refractivity contribution in [2.24, 2.45) is 0 Å². The largest absolute Gasteiger partial charge is 0.353 e. The molecule has 1 saturated heterocycles. The van der Waals surface area contributed by atoms with Crippen LogP contribution in [0, 0.1) is 13.8 Å². The highest BCUT2D eigenvalue weighted by Crippen LogP contribution is 2.23. The number of para-hydroxylation sites is 1. The molecule has 4 nitrogen and oxygen atoms in total. The number of piperazine rings is 1. The fourth-order valence-electron chi connectivity index (χ4n) is 3.62. The van der Waals surface area contributed by atoms with E-state index in [2.05, 4.69) is 30.0 Å². The van der Waals surface area contributed by atoms with Crippen LogP contribution in [-0.4, -0.2) is 42.0 Å². The first-order valence-corrected chi connectivity index (χ1v) is 9.10. The molecule has 1 amide bonds. The lowest BCUT2D eigenvalue weighted by molar-refractivity contribution is 0.0746. The Morgan fingerprint density at radius 1 is 0.885 bits per heavy atom. The SMILES string of the molecule is Cc1ccccc1C(=O)N1CCN(c2cc(C)c3ccccc3n2)CC1. The standard InChI is InChI=1S/C22H23N3O/c1-16-7-3-4-9-19(16)22(26)25-13-11-24(12-14-25)21-15-17(2)18-8-5-6-10-20(18)23-21/h3-10,15H,11-14H2,1-2H3. The van der Waals surface area contributed by atoms with Crippen molar-refractivity contribution in [1.82, 2.24) is 9.88 Å². The minimum Gasteiger partial charge on any atom is -0.353 e. The molecular weight excluding hydrogens is 322 g/mol. The Kier molecular flexibility index (Phi) is 4.33. The van der Waals surface area contributed by atoms with Crippen LogP contribution in [0.2, 0.25) is 0 Å². The molecule has 0 N–H and O–H groups in total. The van der Waals surface area contributed by atoms with E-state index in [0.717, 1.165) is 48.6 Å². The number of carbonyl (C=O) groups excluding carboxylic acids is 1. The van der Waals surface area contributed by atoms with Gasteiger partial charge in [-0.05, 0) is 43.2 Å². The lowest BCUT2D eigenvalue weighted by Gasteiger charge is -2.36. The molecule has 0 radical (unpaired) electrons. The van der Waals surface area contributed by atoms with Crippen molar-refractivity contribution < 1.29 is 4.79 Å². The number of benzene rings is 2. The Labute approximate surface area is 154 Å². The monoisotopic (exact) mass is 345 g/mol. The fourth-order valence-corrected chi connectivity index (χ4v) is 3.62. The third-order valence-electron chi connectivity index (χ3n) is 5.18. The number of anilines is 1. The van der Waals surface area contributed by atoms with Crippen LogP contribution < -0.4 is 4.90 Å². The number of pyridine rings is 1. The van der Waals surface area contributed by atoms with Crippen molar-refractivity contribution in [1.29, 1.82) is 0 Å². The first-order valence-electron chi connectivity index (χ1n) is 9.10.